The average molecular weight is 414 g/mol. The molecule has 4 rings (SSSR count). The molecule has 0 saturated heterocycles. The lowest BCUT2D eigenvalue weighted by Crippen LogP contribution is -2.27. The van der Waals surface area contributed by atoms with Gasteiger partial charge in [0.2, 0.25) is 5.91 Å². The lowest BCUT2D eigenvalue weighted by atomic mass is 10.1. The number of thioether (sulfide) groups is 1. The standard InChI is InChI=1S/C19H19N5O2S2/c1-24-17(15-7-4-10-27-15)22-23-19(24)28-11-16(25)21-14-6-3-2-5-13(14)18(26)20-12-8-9-12/h2-7,10,12H,8-9,11H2,1H3,(H,20,26)(H,21,25). The molecule has 1 aromatic carbocycles. The van der Waals surface area contributed by atoms with Crippen molar-refractivity contribution in [1.29, 1.82) is 0 Å². The van der Waals surface area contributed by atoms with Gasteiger partial charge in [-0.1, -0.05) is 30.0 Å². The Bertz CT molecular complexity index is 996. The number of para-hydroxylation sites is 1. The van der Waals surface area contributed by atoms with Gasteiger partial charge in [0.25, 0.3) is 5.91 Å². The molecule has 0 radical (unpaired) electrons. The number of thiophene rings is 1. The molecule has 2 N–H and O–H groups in total. The molecule has 0 aliphatic heterocycles. The van der Waals surface area contributed by atoms with Crippen molar-refractivity contribution in [3.8, 4) is 10.7 Å². The monoisotopic (exact) mass is 413 g/mol. The van der Waals surface area contributed by atoms with E-state index in [1.807, 2.05) is 29.1 Å². The summed E-state index contributed by atoms with van der Waals surface area (Å²) in [5, 5.41) is 16.8. The number of hydrogen-bond donors (Lipinski definition) is 2. The van der Waals surface area contributed by atoms with Crippen LogP contribution in [0.1, 0.15) is 23.2 Å². The molecule has 0 unspecified atom stereocenters. The van der Waals surface area contributed by atoms with Crippen molar-refractivity contribution in [2.75, 3.05) is 11.1 Å². The van der Waals surface area contributed by atoms with E-state index in [0.717, 1.165) is 23.5 Å². The zero-order valence-corrected chi connectivity index (χ0v) is 16.8. The fraction of sp³-hybridized carbons (Fsp3) is 0.263. The molecule has 9 heteroatoms. The van der Waals surface area contributed by atoms with Crippen LogP contribution in [0.2, 0.25) is 0 Å². The summed E-state index contributed by atoms with van der Waals surface area (Å²) >= 11 is 2.90. The first-order valence-corrected chi connectivity index (χ1v) is 10.7. The van der Waals surface area contributed by atoms with Crippen LogP contribution in [0.4, 0.5) is 5.69 Å². The van der Waals surface area contributed by atoms with E-state index in [0.29, 0.717) is 16.4 Å². The summed E-state index contributed by atoms with van der Waals surface area (Å²) < 4.78 is 1.88. The Balaban J connectivity index is 1.38. The van der Waals surface area contributed by atoms with Crippen molar-refractivity contribution >= 4 is 40.6 Å². The summed E-state index contributed by atoms with van der Waals surface area (Å²) in [6.45, 7) is 0. The van der Waals surface area contributed by atoms with Gasteiger partial charge in [-0.15, -0.1) is 21.5 Å². The quantitative estimate of drug-likeness (QED) is 0.581. The molecule has 0 bridgehead atoms. The fourth-order valence-electron chi connectivity index (χ4n) is 2.66. The van der Waals surface area contributed by atoms with Crippen LogP contribution >= 0.6 is 23.1 Å². The topological polar surface area (TPSA) is 88.9 Å². The molecule has 1 saturated carbocycles. The molecular formula is C19H19N5O2S2. The van der Waals surface area contributed by atoms with E-state index < -0.39 is 0 Å². The number of carbonyl (C=O) groups excluding carboxylic acids is 2. The zero-order valence-electron chi connectivity index (χ0n) is 15.2. The zero-order chi connectivity index (χ0) is 19.5. The van der Waals surface area contributed by atoms with Crippen molar-refractivity contribution < 1.29 is 9.59 Å². The number of amides is 2. The minimum atomic E-state index is -0.197. The Morgan fingerprint density at radius 1 is 1.21 bits per heavy atom. The van der Waals surface area contributed by atoms with Crippen LogP contribution < -0.4 is 10.6 Å². The van der Waals surface area contributed by atoms with Gasteiger partial charge in [-0.2, -0.15) is 0 Å². The van der Waals surface area contributed by atoms with E-state index in [2.05, 4.69) is 20.8 Å². The van der Waals surface area contributed by atoms with Gasteiger partial charge in [0.15, 0.2) is 11.0 Å². The molecule has 144 valence electrons. The second-order valence-electron chi connectivity index (χ2n) is 6.47. The predicted molar refractivity (Wildman–Crippen MR) is 111 cm³/mol. The molecule has 2 amide bonds. The maximum atomic E-state index is 12.4. The van der Waals surface area contributed by atoms with Crippen LogP contribution in [0.5, 0.6) is 0 Å². The van der Waals surface area contributed by atoms with Gasteiger partial charge >= 0.3 is 0 Å². The van der Waals surface area contributed by atoms with Crippen molar-refractivity contribution in [3.05, 3.63) is 47.3 Å². The van der Waals surface area contributed by atoms with Crippen molar-refractivity contribution in [2.45, 2.75) is 24.0 Å². The normalized spacial score (nSPS) is 13.3. The van der Waals surface area contributed by atoms with Crippen LogP contribution in [0.15, 0.2) is 46.9 Å². The largest absolute Gasteiger partial charge is 0.349 e. The average Bonchev–Trinajstić information content (AvgIpc) is 3.19. The molecule has 0 spiro atoms. The third-order valence-corrected chi connectivity index (χ3v) is 6.15. The highest BCUT2D eigenvalue weighted by Crippen LogP contribution is 2.26. The third-order valence-electron chi connectivity index (χ3n) is 4.27. The molecule has 28 heavy (non-hydrogen) atoms. The number of anilines is 1. The second kappa shape index (κ2) is 8.15. The van der Waals surface area contributed by atoms with E-state index >= 15 is 0 Å². The minimum Gasteiger partial charge on any atom is -0.349 e. The Kier molecular flexibility index (Phi) is 5.45. The first-order valence-electron chi connectivity index (χ1n) is 8.87. The van der Waals surface area contributed by atoms with Crippen LogP contribution in [-0.4, -0.2) is 38.4 Å². The molecule has 2 aromatic heterocycles. The maximum Gasteiger partial charge on any atom is 0.253 e. The van der Waals surface area contributed by atoms with Crippen molar-refractivity contribution in [2.24, 2.45) is 7.05 Å². The highest BCUT2D eigenvalue weighted by atomic mass is 32.2. The first kappa shape index (κ1) is 18.7. The summed E-state index contributed by atoms with van der Waals surface area (Å²) in [5.74, 6) is 0.604. The second-order valence-corrected chi connectivity index (χ2v) is 8.36. The van der Waals surface area contributed by atoms with Gasteiger partial charge in [-0.3, -0.25) is 9.59 Å². The molecule has 1 aliphatic rings. The van der Waals surface area contributed by atoms with Gasteiger partial charge in [0.05, 0.1) is 21.9 Å². The van der Waals surface area contributed by atoms with Gasteiger partial charge in [-0.25, -0.2) is 0 Å². The van der Waals surface area contributed by atoms with Crippen molar-refractivity contribution in [3.63, 3.8) is 0 Å². The van der Waals surface area contributed by atoms with E-state index in [1.165, 1.54) is 11.8 Å². The van der Waals surface area contributed by atoms with E-state index in [9.17, 15) is 9.59 Å². The van der Waals surface area contributed by atoms with Gasteiger partial charge in [0.1, 0.15) is 0 Å². The molecular weight excluding hydrogens is 394 g/mol. The Morgan fingerprint density at radius 3 is 2.79 bits per heavy atom. The summed E-state index contributed by atoms with van der Waals surface area (Å²) in [6.07, 6.45) is 2.03. The predicted octanol–water partition coefficient (Wildman–Crippen LogP) is 3.17. The molecule has 7 nitrogen and oxygen atoms in total. The maximum absolute atomic E-state index is 12.4. The van der Waals surface area contributed by atoms with Gasteiger partial charge in [-0.05, 0) is 36.4 Å². The molecule has 0 atom stereocenters. The van der Waals surface area contributed by atoms with E-state index in [-0.39, 0.29) is 23.6 Å². The summed E-state index contributed by atoms with van der Waals surface area (Å²) in [6, 6.07) is 11.3. The van der Waals surface area contributed by atoms with E-state index in [4.69, 9.17) is 0 Å². The smallest absolute Gasteiger partial charge is 0.253 e. The number of carbonyl (C=O) groups is 2. The Morgan fingerprint density at radius 2 is 2.04 bits per heavy atom. The van der Waals surface area contributed by atoms with Crippen molar-refractivity contribution in [1.82, 2.24) is 20.1 Å². The lowest BCUT2D eigenvalue weighted by Gasteiger charge is -2.11. The summed E-state index contributed by atoms with van der Waals surface area (Å²) in [4.78, 5) is 25.8. The number of benzene rings is 1. The highest BCUT2D eigenvalue weighted by Gasteiger charge is 2.25. The molecule has 1 aliphatic carbocycles. The number of hydrogen-bond acceptors (Lipinski definition) is 6. The molecule has 2 heterocycles. The summed E-state index contributed by atoms with van der Waals surface area (Å²) in [7, 11) is 1.88. The fourth-order valence-corrected chi connectivity index (χ4v) is 4.11. The lowest BCUT2D eigenvalue weighted by molar-refractivity contribution is -0.113. The number of rotatable bonds is 7. The first-order chi connectivity index (χ1) is 13.6. The Hall–Kier alpha value is -2.65. The third kappa shape index (κ3) is 4.26. The van der Waals surface area contributed by atoms with Crippen LogP contribution in [0.25, 0.3) is 10.7 Å². The number of aromatic nitrogens is 3. The number of nitrogens with one attached hydrogen (secondary N) is 2. The van der Waals surface area contributed by atoms with Crippen LogP contribution in [-0.2, 0) is 11.8 Å². The van der Waals surface area contributed by atoms with Gasteiger partial charge in [0, 0.05) is 13.1 Å². The Labute approximate surface area is 170 Å². The minimum absolute atomic E-state index is 0.153. The highest BCUT2D eigenvalue weighted by molar-refractivity contribution is 7.99. The number of nitrogens with zero attached hydrogens (tertiary/aromatic N) is 3. The van der Waals surface area contributed by atoms with Gasteiger partial charge < -0.3 is 15.2 Å². The van der Waals surface area contributed by atoms with Crippen LogP contribution in [0, 0.1) is 0 Å². The van der Waals surface area contributed by atoms with Crippen LogP contribution in [0.3, 0.4) is 0 Å². The molecule has 1 fully saturated rings. The SMILES string of the molecule is Cn1c(SCC(=O)Nc2ccccc2C(=O)NC2CC2)nnc1-c1cccs1. The van der Waals surface area contributed by atoms with E-state index in [1.54, 1.807) is 35.6 Å². The summed E-state index contributed by atoms with van der Waals surface area (Å²) in [5.41, 5.74) is 0.995. The molecule has 3 aromatic rings.